The van der Waals surface area contributed by atoms with Crippen molar-refractivity contribution >= 4 is 0 Å². The number of rotatable bonds is 6. The van der Waals surface area contributed by atoms with E-state index in [9.17, 15) is 5.11 Å². The molecule has 1 atom stereocenters. The third kappa shape index (κ3) is 4.07. The van der Waals surface area contributed by atoms with Crippen LogP contribution in [0.4, 0.5) is 0 Å². The number of aliphatic hydroxyl groups is 1. The number of hydrogen-bond donors (Lipinski definition) is 1. The lowest BCUT2D eigenvalue weighted by Gasteiger charge is -2.28. The van der Waals surface area contributed by atoms with Gasteiger partial charge in [-0.25, -0.2) is 0 Å². The van der Waals surface area contributed by atoms with Gasteiger partial charge in [0.1, 0.15) is 0 Å². The summed E-state index contributed by atoms with van der Waals surface area (Å²) in [5, 5.41) is 9.68. The summed E-state index contributed by atoms with van der Waals surface area (Å²) in [5.74, 6) is 0. The Morgan fingerprint density at radius 1 is 1.33 bits per heavy atom. The van der Waals surface area contributed by atoms with E-state index in [0.717, 1.165) is 19.4 Å². The zero-order valence-corrected chi connectivity index (χ0v) is 8.76. The van der Waals surface area contributed by atoms with E-state index in [4.69, 9.17) is 4.74 Å². The van der Waals surface area contributed by atoms with Crippen molar-refractivity contribution in [1.29, 1.82) is 0 Å². The molecular formula is C10H22O2. The molecule has 0 rings (SSSR count). The standard InChI is InChI=1S/C10H22O2/c1-5-7-12-8-9(11)10(3,4)6-2/h9,11H,5-8H2,1-4H3. The van der Waals surface area contributed by atoms with Gasteiger partial charge in [0.15, 0.2) is 0 Å². The summed E-state index contributed by atoms with van der Waals surface area (Å²) in [6.45, 7) is 9.49. The van der Waals surface area contributed by atoms with Crippen LogP contribution in [0.5, 0.6) is 0 Å². The SMILES string of the molecule is CCCOCC(O)C(C)(C)CC. The molecule has 0 aromatic rings. The van der Waals surface area contributed by atoms with Crippen molar-refractivity contribution in [3.63, 3.8) is 0 Å². The summed E-state index contributed by atoms with van der Waals surface area (Å²) in [4.78, 5) is 0. The average Bonchev–Trinajstić information content (AvgIpc) is 2.05. The van der Waals surface area contributed by atoms with Crippen LogP contribution in [-0.2, 0) is 4.74 Å². The summed E-state index contributed by atoms with van der Waals surface area (Å²) in [5.41, 5.74) is -0.0201. The van der Waals surface area contributed by atoms with Gasteiger partial charge >= 0.3 is 0 Å². The van der Waals surface area contributed by atoms with Gasteiger partial charge in [0, 0.05) is 6.61 Å². The predicted octanol–water partition coefficient (Wildman–Crippen LogP) is 2.21. The van der Waals surface area contributed by atoms with Crippen molar-refractivity contribution in [3.8, 4) is 0 Å². The molecule has 1 N–H and O–H groups in total. The third-order valence-corrected chi connectivity index (χ3v) is 2.44. The maximum absolute atomic E-state index is 9.68. The molecule has 0 aliphatic carbocycles. The molecule has 0 heterocycles. The van der Waals surface area contributed by atoms with Crippen LogP contribution in [0.15, 0.2) is 0 Å². The highest BCUT2D eigenvalue weighted by Gasteiger charge is 2.25. The van der Waals surface area contributed by atoms with E-state index in [1.165, 1.54) is 0 Å². The molecule has 1 unspecified atom stereocenters. The van der Waals surface area contributed by atoms with Gasteiger partial charge in [0.05, 0.1) is 12.7 Å². The molecule has 0 bridgehead atoms. The molecule has 0 aromatic carbocycles. The van der Waals surface area contributed by atoms with Gasteiger partial charge in [-0.1, -0.05) is 27.7 Å². The summed E-state index contributed by atoms with van der Waals surface area (Å²) in [6, 6.07) is 0. The second-order valence-corrected chi connectivity index (χ2v) is 3.93. The largest absolute Gasteiger partial charge is 0.390 e. The van der Waals surface area contributed by atoms with Crippen LogP contribution in [0.3, 0.4) is 0 Å². The maximum atomic E-state index is 9.68. The Morgan fingerprint density at radius 2 is 1.92 bits per heavy atom. The van der Waals surface area contributed by atoms with Gasteiger partial charge in [-0.3, -0.25) is 0 Å². The highest BCUT2D eigenvalue weighted by atomic mass is 16.5. The Labute approximate surface area is 75.9 Å². The second kappa shape index (κ2) is 5.55. The van der Waals surface area contributed by atoms with E-state index in [2.05, 4.69) is 27.7 Å². The van der Waals surface area contributed by atoms with Crippen molar-refractivity contribution in [2.45, 2.75) is 46.6 Å². The zero-order chi connectivity index (χ0) is 9.61. The molecule has 0 amide bonds. The summed E-state index contributed by atoms with van der Waals surface area (Å²) in [7, 11) is 0. The molecule has 0 aromatic heterocycles. The quantitative estimate of drug-likeness (QED) is 0.626. The molecule has 2 heteroatoms. The van der Waals surface area contributed by atoms with Crippen molar-refractivity contribution in [2.24, 2.45) is 5.41 Å². The minimum atomic E-state index is -0.339. The molecule has 0 aliphatic heterocycles. The lowest BCUT2D eigenvalue weighted by molar-refractivity contribution is -0.0287. The molecule has 2 nitrogen and oxygen atoms in total. The normalized spacial score (nSPS) is 14.8. The smallest absolute Gasteiger partial charge is 0.0824 e. The monoisotopic (exact) mass is 174 g/mol. The molecule has 74 valence electrons. The highest BCUT2D eigenvalue weighted by molar-refractivity contribution is 4.75. The number of ether oxygens (including phenoxy) is 1. The van der Waals surface area contributed by atoms with Crippen LogP contribution in [0.2, 0.25) is 0 Å². The summed E-state index contributed by atoms with van der Waals surface area (Å²) < 4.78 is 5.28. The first kappa shape index (κ1) is 11.9. The van der Waals surface area contributed by atoms with Gasteiger partial charge in [-0.05, 0) is 18.3 Å². The third-order valence-electron chi connectivity index (χ3n) is 2.44. The van der Waals surface area contributed by atoms with E-state index >= 15 is 0 Å². The Morgan fingerprint density at radius 3 is 2.33 bits per heavy atom. The molecule has 0 saturated carbocycles. The van der Waals surface area contributed by atoms with Gasteiger partial charge in [0.2, 0.25) is 0 Å². The predicted molar refractivity (Wildman–Crippen MR) is 51.2 cm³/mol. The fourth-order valence-corrected chi connectivity index (χ4v) is 0.801. The molecule has 0 radical (unpaired) electrons. The van der Waals surface area contributed by atoms with E-state index in [1.807, 2.05) is 0 Å². The van der Waals surface area contributed by atoms with Crippen molar-refractivity contribution in [3.05, 3.63) is 0 Å². The zero-order valence-electron chi connectivity index (χ0n) is 8.76. The summed E-state index contributed by atoms with van der Waals surface area (Å²) >= 11 is 0. The number of aliphatic hydroxyl groups excluding tert-OH is 1. The van der Waals surface area contributed by atoms with E-state index in [-0.39, 0.29) is 11.5 Å². The molecule has 0 saturated heterocycles. The first-order valence-corrected chi connectivity index (χ1v) is 4.80. The van der Waals surface area contributed by atoms with E-state index in [1.54, 1.807) is 0 Å². The molecular weight excluding hydrogens is 152 g/mol. The minimum Gasteiger partial charge on any atom is -0.390 e. The molecule has 0 aliphatic rings. The van der Waals surface area contributed by atoms with Crippen molar-refractivity contribution in [1.82, 2.24) is 0 Å². The van der Waals surface area contributed by atoms with Crippen molar-refractivity contribution < 1.29 is 9.84 Å². The van der Waals surface area contributed by atoms with E-state index < -0.39 is 0 Å². The maximum Gasteiger partial charge on any atom is 0.0824 e. The Hall–Kier alpha value is -0.0800. The van der Waals surface area contributed by atoms with Crippen LogP contribution in [0.1, 0.15) is 40.5 Å². The average molecular weight is 174 g/mol. The molecule has 0 fully saturated rings. The van der Waals surface area contributed by atoms with Crippen LogP contribution in [-0.4, -0.2) is 24.4 Å². The number of hydrogen-bond acceptors (Lipinski definition) is 2. The Balaban J connectivity index is 3.63. The minimum absolute atomic E-state index is 0.0201. The van der Waals surface area contributed by atoms with Gasteiger partial charge in [0.25, 0.3) is 0 Å². The first-order chi connectivity index (χ1) is 5.54. The van der Waals surface area contributed by atoms with Crippen LogP contribution in [0, 0.1) is 5.41 Å². The fraction of sp³-hybridized carbons (Fsp3) is 1.00. The van der Waals surface area contributed by atoms with E-state index in [0.29, 0.717) is 6.61 Å². The van der Waals surface area contributed by atoms with Crippen LogP contribution >= 0.6 is 0 Å². The first-order valence-electron chi connectivity index (χ1n) is 4.80. The topological polar surface area (TPSA) is 29.5 Å². The lowest BCUT2D eigenvalue weighted by Crippen LogP contribution is -2.32. The fourth-order valence-electron chi connectivity index (χ4n) is 0.801. The van der Waals surface area contributed by atoms with Gasteiger partial charge in [-0.2, -0.15) is 0 Å². The lowest BCUT2D eigenvalue weighted by atomic mass is 9.84. The van der Waals surface area contributed by atoms with Gasteiger partial charge < -0.3 is 9.84 Å². The van der Waals surface area contributed by atoms with Gasteiger partial charge in [-0.15, -0.1) is 0 Å². The van der Waals surface area contributed by atoms with Crippen molar-refractivity contribution in [2.75, 3.05) is 13.2 Å². The van der Waals surface area contributed by atoms with Crippen LogP contribution in [0.25, 0.3) is 0 Å². The second-order valence-electron chi connectivity index (χ2n) is 3.93. The molecule has 0 spiro atoms. The Kier molecular flexibility index (Phi) is 5.51. The Bertz CT molecular complexity index is 110. The summed E-state index contributed by atoms with van der Waals surface area (Å²) in [6.07, 6.45) is 1.65. The highest BCUT2D eigenvalue weighted by Crippen LogP contribution is 2.24. The van der Waals surface area contributed by atoms with Crippen LogP contribution < -0.4 is 0 Å². The molecule has 12 heavy (non-hydrogen) atoms.